The second-order valence-corrected chi connectivity index (χ2v) is 8.09. The third-order valence-corrected chi connectivity index (χ3v) is 6.02. The zero-order chi connectivity index (χ0) is 24.9. The summed E-state index contributed by atoms with van der Waals surface area (Å²) >= 11 is 0. The molecule has 1 aliphatic rings. The van der Waals surface area contributed by atoms with E-state index in [0.717, 1.165) is 12.1 Å². The third-order valence-electron chi connectivity index (χ3n) is 6.02. The standard InChI is InChI=1S/C23H19F5N4O2/c1-10-14-7-19(17(25)9-18(14)31-30-10)29-22(34)21-11(2)32(3)20(33)8-15(21)13-5-4-12(6-16(13)24)23(26,27)28/h4-7,9,15H,8H2,1-3H3,(H,29,34)(H,30,31). The highest BCUT2D eigenvalue weighted by Crippen LogP contribution is 2.39. The summed E-state index contributed by atoms with van der Waals surface area (Å²) in [4.78, 5) is 26.9. The molecule has 1 unspecified atom stereocenters. The molecule has 2 aromatic carbocycles. The van der Waals surface area contributed by atoms with Gasteiger partial charge in [0.2, 0.25) is 5.91 Å². The Bertz CT molecular complexity index is 1360. The van der Waals surface area contributed by atoms with Gasteiger partial charge in [0, 0.05) is 47.8 Å². The minimum absolute atomic E-state index is 0.0517. The number of alkyl halides is 3. The van der Waals surface area contributed by atoms with Crippen LogP contribution in [-0.2, 0) is 15.8 Å². The molecule has 0 bridgehead atoms. The third kappa shape index (κ3) is 4.02. The number of benzene rings is 2. The number of anilines is 1. The van der Waals surface area contributed by atoms with Crippen LogP contribution in [0.4, 0.5) is 27.6 Å². The maximum Gasteiger partial charge on any atom is 0.416 e. The lowest BCUT2D eigenvalue weighted by atomic mass is 9.82. The fraction of sp³-hybridized carbons (Fsp3) is 0.261. The molecule has 3 aromatic rings. The van der Waals surface area contributed by atoms with E-state index in [1.54, 1.807) is 6.92 Å². The van der Waals surface area contributed by atoms with Crippen LogP contribution in [0.2, 0.25) is 0 Å². The summed E-state index contributed by atoms with van der Waals surface area (Å²) in [6, 6.07) is 4.48. The molecule has 6 nitrogen and oxygen atoms in total. The van der Waals surface area contributed by atoms with Crippen LogP contribution in [0.5, 0.6) is 0 Å². The predicted molar refractivity (Wildman–Crippen MR) is 114 cm³/mol. The van der Waals surface area contributed by atoms with Crippen LogP contribution >= 0.6 is 0 Å². The maximum absolute atomic E-state index is 14.8. The van der Waals surface area contributed by atoms with Gasteiger partial charge in [-0.2, -0.15) is 18.3 Å². The Kier molecular flexibility index (Phi) is 5.66. The summed E-state index contributed by atoms with van der Waals surface area (Å²) in [5.74, 6) is -4.37. The van der Waals surface area contributed by atoms with E-state index in [2.05, 4.69) is 15.5 Å². The van der Waals surface area contributed by atoms with Crippen molar-refractivity contribution >= 4 is 28.4 Å². The molecule has 1 aromatic heterocycles. The Morgan fingerprint density at radius 1 is 1.15 bits per heavy atom. The Morgan fingerprint density at radius 2 is 1.85 bits per heavy atom. The number of nitrogens with zero attached hydrogens (tertiary/aromatic N) is 2. The first-order valence-electron chi connectivity index (χ1n) is 10.2. The van der Waals surface area contributed by atoms with Gasteiger partial charge in [0.05, 0.1) is 16.8 Å². The van der Waals surface area contributed by atoms with Crippen molar-refractivity contribution in [3.63, 3.8) is 0 Å². The number of rotatable bonds is 3. The molecule has 4 rings (SSSR count). The van der Waals surface area contributed by atoms with Crippen LogP contribution in [0.25, 0.3) is 10.9 Å². The van der Waals surface area contributed by atoms with E-state index in [9.17, 15) is 31.5 Å². The number of carbonyl (C=O) groups is 2. The topological polar surface area (TPSA) is 78.1 Å². The fourth-order valence-electron chi connectivity index (χ4n) is 4.05. The zero-order valence-corrected chi connectivity index (χ0v) is 18.3. The zero-order valence-electron chi connectivity index (χ0n) is 18.3. The van der Waals surface area contributed by atoms with Crippen LogP contribution in [-0.4, -0.2) is 34.0 Å². The number of halogens is 5. The number of H-pyrrole nitrogens is 1. The van der Waals surface area contributed by atoms with Crippen molar-refractivity contribution in [2.45, 2.75) is 32.4 Å². The number of aromatic amines is 1. The maximum atomic E-state index is 14.8. The first-order valence-corrected chi connectivity index (χ1v) is 10.2. The minimum atomic E-state index is -4.75. The van der Waals surface area contributed by atoms with Crippen molar-refractivity contribution in [1.29, 1.82) is 0 Å². The molecule has 0 spiro atoms. The average molecular weight is 478 g/mol. The summed E-state index contributed by atoms with van der Waals surface area (Å²) in [5, 5.41) is 9.69. The number of aryl methyl sites for hydroxylation is 1. The summed E-state index contributed by atoms with van der Waals surface area (Å²) in [7, 11) is 1.42. The monoisotopic (exact) mass is 478 g/mol. The molecule has 2 amide bonds. The van der Waals surface area contributed by atoms with Crippen LogP contribution in [0.1, 0.15) is 36.1 Å². The van der Waals surface area contributed by atoms with Crippen LogP contribution in [0.15, 0.2) is 41.6 Å². The molecule has 0 saturated heterocycles. The molecule has 34 heavy (non-hydrogen) atoms. The minimum Gasteiger partial charge on any atom is -0.320 e. The second-order valence-electron chi connectivity index (χ2n) is 8.09. The van der Waals surface area contributed by atoms with E-state index >= 15 is 0 Å². The molecular formula is C23H19F5N4O2. The molecule has 2 heterocycles. The summed E-state index contributed by atoms with van der Waals surface area (Å²) in [5.41, 5.74) is -0.451. The van der Waals surface area contributed by atoms with E-state index in [1.807, 2.05) is 0 Å². The second kappa shape index (κ2) is 8.23. The summed E-state index contributed by atoms with van der Waals surface area (Å²) in [6.07, 6.45) is -5.10. The van der Waals surface area contributed by atoms with E-state index in [1.165, 1.54) is 24.9 Å². The van der Waals surface area contributed by atoms with Crippen molar-refractivity contribution in [3.05, 3.63) is 70.1 Å². The number of nitrogens with one attached hydrogen (secondary N) is 2. The molecule has 0 radical (unpaired) electrons. The molecule has 1 aliphatic heterocycles. The van der Waals surface area contributed by atoms with Crippen molar-refractivity contribution in [2.75, 3.05) is 12.4 Å². The Balaban J connectivity index is 1.76. The highest BCUT2D eigenvalue weighted by Gasteiger charge is 2.38. The van der Waals surface area contributed by atoms with Crippen molar-refractivity contribution in [3.8, 4) is 0 Å². The Labute approximate surface area is 190 Å². The van der Waals surface area contributed by atoms with Gasteiger partial charge < -0.3 is 10.2 Å². The van der Waals surface area contributed by atoms with Crippen molar-refractivity contribution in [2.24, 2.45) is 0 Å². The first-order chi connectivity index (χ1) is 15.9. The Hall–Kier alpha value is -3.76. The number of amides is 2. The van der Waals surface area contributed by atoms with Crippen LogP contribution in [0, 0.1) is 18.6 Å². The normalized spacial score (nSPS) is 17.0. The van der Waals surface area contributed by atoms with Gasteiger partial charge in [-0.3, -0.25) is 14.7 Å². The van der Waals surface area contributed by atoms with Gasteiger partial charge in [-0.25, -0.2) is 8.78 Å². The highest BCUT2D eigenvalue weighted by atomic mass is 19.4. The fourth-order valence-corrected chi connectivity index (χ4v) is 4.05. The van der Waals surface area contributed by atoms with Crippen molar-refractivity contribution < 1.29 is 31.5 Å². The van der Waals surface area contributed by atoms with E-state index in [0.29, 0.717) is 28.7 Å². The number of allylic oxidation sites excluding steroid dienone is 1. The van der Waals surface area contributed by atoms with Gasteiger partial charge >= 0.3 is 6.18 Å². The summed E-state index contributed by atoms with van der Waals surface area (Å²) in [6.45, 7) is 3.18. The molecule has 1 atom stereocenters. The lowest BCUT2D eigenvalue weighted by Crippen LogP contribution is -2.37. The van der Waals surface area contributed by atoms with E-state index in [4.69, 9.17) is 0 Å². The molecule has 0 fully saturated rings. The summed E-state index contributed by atoms with van der Waals surface area (Å²) < 4.78 is 68.3. The van der Waals surface area contributed by atoms with Crippen LogP contribution < -0.4 is 5.32 Å². The van der Waals surface area contributed by atoms with Gasteiger partial charge in [-0.15, -0.1) is 0 Å². The molecule has 178 valence electrons. The Morgan fingerprint density at radius 3 is 2.50 bits per heavy atom. The van der Waals surface area contributed by atoms with E-state index in [-0.39, 0.29) is 28.9 Å². The van der Waals surface area contributed by atoms with Crippen molar-refractivity contribution in [1.82, 2.24) is 15.1 Å². The average Bonchev–Trinajstić information content (AvgIpc) is 3.10. The highest BCUT2D eigenvalue weighted by molar-refractivity contribution is 6.08. The molecule has 0 saturated carbocycles. The van der Waals surface area contributed by atoms with Crippen LogP contribution in [0.3, 0.4) is 0 Å². The lowest BCUT2D eigenvalue weighted by molar-refractivity contribution is -0.138. The van der Waals surface area contributed by atoms with Gasteiger partial charge in [-0.1, -0.05) is 6.07 Å². The number of carbonyl (C=O) groups excluding carboxylic acids is 2. The molecular weight excluding hydrogens is 459 g/mol. The quantitative estimate of drug-likeness (QED) is 0.519. The number of hydrogen-bond acceptors (Lipinski definition) is 3. The largest absolute Gasteiger partial charge is 0.416 e. The molecule has 2 N–H and O–H groups in total. The van der Waals surface area contributed by atoms with Gasteiger partial charge in [0.25, 0.3) is 5.91 Å². The number of hydrogen-bond donors (Lipinski definition) is 2. The number of fused-ring (bicyclic) bond motifs is 1. The van der Waals surface area contributed by atoms with Gasteiger partial charge in [0.1, 0.15) is 11.6 Å². The SMILES string of the molecule is CC1=C(C(=O)Nc2cc3c(C)[nH]nc3cc2F)C(c2ccc(C(F)(F)F)cc2F)CC(=O)N1C. The van der Waals surface area contributed by atoms with E-state index < -0.39 is 41.1 Å². The smallest absolute Gasteiger partial charge is 0.320 e. The predicted octanol–water partition coefficient (Wildman–Crippen LogP) is 5.03. The first kappa shape index (κ1) is 23.4. The van der Waals surface area contributed by atoms with Gasteiger partial charge in [-0.05, 0) is 37.6 Å². The molecule has 0 aliphatic carbocycles. The lowest BCUT2D eigenvalue weighted by Gasteiger charge is -2.32. The molecule has 11 heteroatoms. The number of aromatic nitrogens is 2. The van der Waals surface area contributed by atoms with Gasteiger partial charge in [0.15, 0.2) is 0 Å².